The molecule has 5 rings (SSSR count). The molecular weight excluding hydrogens is 397 g/mol. The Balaban J connectivity index is 1.33. The van der Waals surface area contributed by atoms with E-state index in [1.807, 2.05) is 18.2 Å². The number of aromatic hydroxyl groups is 1. The fourth-order valence-corrected chi connectivity index (χ4v) is 4.67. The van der Waals surface area contributed by atoms with Crippen molar-refractivity contribution in [3.63, 3.8) is 0 Å². The number of benzene rings is 1. The summed E-state index contributed by atoms with van der Waals surface area (Å²) in [5, 5.41) is 14.2. The SMILES string of the molecule is Oc1cc(-c2ccc3ncnc(NC4CCC(N5CCOCC5)CC4)c3c2)cnc1F. The zero-order valence-electron chi connectivity index (χ0n) is 17.3. The van der Waals surface area contributed by atoms with Crippen molar-refractivity contribution in [2.45, 2.75) is 37.8 Å². The molecule has 2 aliphatic rings. The number of nitrogens with zero attached hydrogens (tertiary/aromatic N) is 4. The molecule has 8 heteroatoms. The number of hydrogen-bond donors (Lipinski definition) is 2. The Morgan fingerprint density at radius 1 is 1.00 bits per heavy atom. The molecule has 0 bridgehead atoms. The molecule has 0 atom stereocenters. The number of morpholine rings is 1. The molecule has 162 valence electrons. The monoisotopic (exact) mass is 423 g/mol. The molecule has 1 aromatic carbocycles. The summed E-state index contributed by atoms with van der Waals surface area (Å²) < 4.78 is 18.8. The van der Waals surface area contributed by atoms with E-state index in [1.54, 1.807) is 6.33 Å². The lowest BCUT2D eigenvalue weighted by Gasteiger charge is -2.39. The number of ether oxygens (including phenoxy) is 1. The maximum atomic E-state index is 13.3. The molecule has 1 aliphatic carbocycles. The van der Waals surface area contributed by atoms with E-state index in [0.29, 0.717) is 17.6 Å². The molecule has 7 nitrogen and oxygen atoms in total. The van der Waals surface area contributed by atoms with Gasteiger partial charge in [-0.25, -0.2) is 15.0 Å². The largest absolute Gasteiger partial charge is 0.504 e. The van der Waals surface area contributed by atoms with Crippen LogP contribution in [-0.2, 0) is 4.74 Å². The highest BCUT2D eigenvalue weighted by Crippen LogP contribution is 2.31. The van der Waals surface area contributed by atoms with Crippen molar-refractivity contribution in [2.24, 2.45) is 0 Å². The molecule has 2 aromatic heterocycles. The Bertz CT molecular complexity index is 1070. The Hall–Kier alpha value is -2.84. The van der Waals surface area contributed by atoms with Gasteiger partial charge in [0.15, 0.2) is 5.75 Å². The van der Waals surface area contributed by atoms with Crippen LogP contribution < -0.4 is 5.32 Å². The first kappa shape index (κ1) is 20.1. The summed E-state index contributed by atoms with van der Waals surface area (Å²) in [6.45, 7) is 3.76. The number of aromatic nitrogens is 3. The summed E-state index contributed by atoms with van der Waals surface area (Å²) in [4.78, 5) is 15.1. The van der Waals surface area contributed by atoms with Crippen molar-refractivity contribution in [3.05, 3.63) is 42.7 Å². The standard InChI is InChI=1S/C23H26FN5O2/c24-22-21(30)12-16(13-25-22)15-1-6-20-19(11-15)23(27-14-26-20)28-17-2-4-18(5-3-17)29-7-9-31-10-8-29/h1,6,11-14,17-18,30H,2-5,7-10H2,(H,26,27,28). The van der Waals surface area contributed by atoms with Crippen molar-refractivity contribution < 1.29 is 14.2 Å². The first-order chi connectivity index (χ1) is 15.2. The van der Waals surface area contributed by atoms with Crippen LogP contribution >= 0.6 is 0 Å². The molecule has 2 N–H and O–H groups in total. The fraction of sp³-hybridized carbons (Fsp3) is 0.435. The second-order valence-corrected chi connectivity index (χ2v) is 8.29. The highest BCUT2D eigenvalue weighted by Gasteiger charge is 2.27. The van der Waals surface area contributed by atoms with Crippen LogP contribution in [0.2, 0.25) is 0 Å². The van der Waals surface area contributed by atoms with Crippen LogP contribution in [0.3, 0.4) is 0 Å². The van der Waals surface area contributed by atoms with E-state index < -0.39 is 11.7 Å². The fourth-order valence-electron chi connectivity index (χ4n) is 4.67. The van der Waals surface area contributed by atoms with Gasteiger partial charge in [0.25, 0.3) is 5.95 Å². The third-order valence-corrected chi connectivity index (χ3v) is 6.39. The summed E-state index contributed by atoms with van der Waals surface area (Å²) >= 11 is 0. The first-order valence-corrected chi connectivity index (χ1v) is 10.9. The minimum atomic E-state index is -0.872. The minimum absolute atomic E-state index is 0.371. The highest BCUT2D eigenvalue weighted by atomic mass is 19.1. The van der Waals surface area contributed by atoms with Gasteiger partial charge in [-0.2, -0.15) is 4.39 Å². The Kier molecular flexibility index (Phi) is 5.65. The van der Waals surface area contributed by atoms with E-state index >= 15 is 0 Å². The molecule has 0 amide bonds. The van der Waals surface area contributed by atoms with E-state index in [4.69, 9.17) is 4.74 Å². The van der Waals surface area contributed by atoms with Crippen molar-refractivity contribution in [1.82, 2.24) is 19.9 Å². The van der Waals surface area contributed by atoms with Crippen LogP contribution in [0.4, 0.5) is 10.2 Å². The van der Waals surface area contributed by atoms with Gasteiger partial charge in [-0.1, -0.05) is 6.07 Å². The lowest BCUT2D eigenvalue weighted by Crippen LogP contribution is -2.46. The van der Waals surface area contributed by atoms with Crippen molar-refractivity contribution in [1.29, 1.82) is 0 Å². The van der Waals surface area contributed by atoms with Crippen LogP contribution in [0.5, 0.6) is 5.75 Å². The molecule has 0 radical (unpaired) electrons. The predicted molar refractivity (Wildman–Crippen MR) is 116 cm³/mol. The van der Waals surface area contributed by atoms with Gasteiger partial charge in [0.05, 0.1) is 18.7 Å². The van der Waals surface area contributed by atoms with E-state index in [-0.39, 0.29) is 0 Å². The highest BCUT2D eigenvalue weighted by molar-refractivity contribution is 5.92. The van der Waals surface area contributed by atoms with E-state index in [9.17, 15) is 9.50 Å². The molecule has 0 unspecified atom stereocenters. The number of rotatable bonds is 4. The molecule has 2 fully saturated rings. The van der Waals surface area contributed by atoms with Gasteiger partial charge in [0, 0.05) is 42.3 Å². The number of halogens is 1. The summed E-state index contributed by atoms with van der Waals surface area (Å²) in [5.74, 6) is -0.527. The molecule has 3 aromatic rings. The van der Waals surface area contributed by atoms with Crippen LogP contribution in [0.15, 0.2) is 36.8 Å². The molecule has 1 saturated heterocycles. The Morgan fingerprint density at radius 2 is 1.81 bits per heavy atom. The molecule has 31 heavy (non-hydrogen) atoms. The van der Waals surface area contributed by atoms with Crippen molar-refractivity contribution in [3.8, 4) is 16.9 Å². The summed E-state index contributed by atoms with van der Waals surface area (Å²) in [5.41, 5.74) is 2.30. The average Bonchev–Trinajstić information content (AvgIpc) is 2.82. The third-order valence-electron chi connectivity index (χ3n) is 6.39. The van der Waals surface area contributed by atoms with E-state index in [1.165, 1.54) is 25.1 Å². The molecule has 0 spiro atoms. The van der Waals surface area contributed by atoms with Gasteiger partial charge in [-0.15, -0.1) is 0 Å². The van der Waals surface area contributed by atoms with Crippen LogP contribution in [-0.4, -0.2) is 63.3 Å². The zero-order valence-corrected chi connectivity index (χ0v) is 17.3. The third kappa shape index (κ3) is 4.31. The van der Waals surface area contributed by atoms with Crippen molar-refractivity contribution in [2.75, 3.05) is 31.6 Å². The van der Waals surface area contributed by atoms with Crippen LogP contribution in [0.1, 0.15) is 25.7 Å². The number of nitrogens with one attached hydrogen (secondary N) is 1. The Labute approximate surface area is 180 Å². The normalized spacial score (nSPS) is 22.5. The predicted octanol–water partition coefficient (Wildman–Crippen LogP) is 3.59. The van der Waals surface area contributed by atoms with Gasteiger partial charge in [0.2, 0.25) is 0 Å². The quantitative estimate of drug-likeness (QED) is 0.621. The Morgan fingerprint density at radius 3 is 2.58 bits per heavy atom. The van der Waals surface area contributed by atoms with Gasteiger partial charge < -0.3 is 15.2 Å². The van der Waals surface area contributed by atoms with Crippen LogP contribution in [0.25, 0.3) is 22.0 Å². The van der Waals surface area contributed by atoms with Crippen LogP contribution in [0, 0.1) is 5.95 Å². The van der Waals surface area contributed by atoms with E-state index in [0.717, 1.165) is 61.4 Å². The molecule has 1 saturated carbocycles. The maximum absolute atomic E-state index is 13.3. The van der Waals surface area contributed by atoms with E-state index in [2.05, 4.69) is 25.2 Å². The second-order valence-electron chi connectivity index (χ2n) is 8.29. The summed E-state index contributed by atoms with van der Waals surface area (Å²) in [6.07, 6.45) is 7.54. The molecule has 1 aliphatic heterocycles. The number of pyridine rings is 1. The summed E-state index contributed by atoms with van der Waals surface area (Å²) in [7, 11) is 0. The number of hydrogen-bond acceptors (Lipinski definition) is 7. The van der Waals surface area contributed by atoms with Gasteiger partial charge in [0.1, 0.15) is 12.1 Å². The topological polar surface area (TPSA) is 83.4 Å². The second kappa shape index (κ2) is 8.72. The average molecular weight is 423 g/mol. The van der Waals surface area contributed by atoms with Gasteiger partial charge in [-0.05, 0) is 49.4 Å². The maximum Gasteiger partial charge on any atom is 0.255 e. The molecular formula is C23H26FN5O2. The zero-order chi connectivity index (χ0) is 21.2. The van der Waals surface area contributed by atoms with Crippen molar-refractivity contribution >= 4 is 16.7 Å². The van der Waals surface area contributed by atoms with Gasteiger partial charge >= 0.3 is 0 Å². The molecule has 3 heterocycles. The number of anilines is 1. The first-order valence-electron chi connectivity index (χ1n) is 10.9. The smallest absolute Gasteiger partial charge is 0.255 e. The summed E-state index contributed by atoms with van der Waals surface area (Å²) in [6, 6.07) is 8.16. The lowest BCUT2D eigenvalue weighted by molar-refractivity contribution is 0.00791. The number of fused-ring (bicyclic) bond motifs is 1. The lowest BCUT2D eigenvalue weighted by atomic mass is 9.90. The van der Waals surface area contributed by atoms with Gasteiger partial charge in [-0.3, -0.25) is 4.90 Å². The minimum Gasteiger partial charge on any atom is -0.504 e.